The maximum Gasteiger partial charge on any atom is 0.0937 e. The molecule has 1 aromatic heterocycles. The number of para-hydroxylation sites is 1. The van der Waals surface area contributed by atoms with Crippen molar-refractivity contribution < 1.29 is 0 Å². The molecular formula is C16H14BrN3. The van der Waals surface area contributed by atoms with Gasteiger partial charge in [-0.15, -0.1) is 0 Å². The summed E-state index contributed by atoms with van der Waals surface area (Å²) in [5, 5.41) is 4.46. The molecule has 3 N–H and O–H groups in total. The van der Waals surface area contributed by atoms with Crippen molar-refractivity contribution in [2.75, 3.05) is 11.1 Å². The number of nitrogen functional groups attached to an aromatic ring is 1. The Hall–Kier alpha value is -2.07. The average Bonchev–Trinajstić information content (AvgIpc) is 2.43. The molecule has 4 heteroatoms. The third-order valence-corrected chi connectivity index (χ3v) is 3.67. The predicted molar refractivity (Wildman–Crippen MR) is 88.3 cm³/mol. The predicted octanol–water partition coefficient (Wildman–Crippen LogP) is 4.63. The highest BCUT2D eigenvalue weighted by atomic mass is 79.9. The van der Waals surface area contributed by atoms with Crippen molar-refractivity contribution in [3.8, 4) is 0 Å². The van der Waals surface area contributed by atoms with Crippen LogP contribution < -0.4 is 11.1 Å². The maximum absolute atomic E-state index is 5.94. The van der Waals surface area contributed by atoms with Gasteiger partial charge in [0, 0.05) is 27.4 Å². The van der Waals surface area contributed by atoms with Crippen LogP contribution in [-0.4, -0.2) is 4.98 Å². The topological polar surface area (TPSA) is 50.9 Å². The van der Waals surface area contributed by atoms with Crippen LogP contribution in [0.3, 0.4) is 0 Å². The lowest BCUT2D eigenvalue weighted by Crippen LogP contribution is -1.95. The molecule has 0 spiro atoms. The Kier molecular flexibility index (Phi) is 3.32. The van der Waals surface area contributed by atoms with E-state index >= 15 is 0 Å². The summed E-state index contributed by atoms with van der Waals surface area (Å²) in [4.78, 5) is 4.48. The SMILES string of the molecule is Cc1ccc(Nc2cccc3cc(Br)cnc23)cc1N. The maximum atomic E-state index is 5.94. The van der Waals surface area contributed by atoms with E-state index in [4.69, 9.17) is 5.73 Å². The monoisotopic (exact) mass is 327 g/mol. The Morgan fingerprint density at radius 2 is 2.00 bits per heavy atom. The molecule has 0 saturated heterocycles. The number of pyridine rings is 1. The number of nitrogens with one attached hydrogen (secondary N) is 1. The minimum absolute atomic E-state index is 0.783. The molecule has 0 unspecified atom stereocenters. The first-order valence-corrected chi connectivity index (χ1v) is 7.10. The number of anilines is 3. The molecule has 0 atom stereocenters. The molecule has 0 aliphatic rings. The second kappa shape index (κ2) is 5.13. The lowest BCUT2D eigenvalue weighted by Gasteiger charge is -2.11. The first-order chi connectivity index (χ1) is 9.63. The molecule has 0 bridgehead atoms. The van der Waals surface area contributed by atoms with Gasteiger partial charge in [0.1, 0.15) is 0 Å². The Morgan fingerprint density at radius 1 is 1.15 bits per heavy atom. The quantitative estimate of drug-likeness (QED) is 0.674. The van der Waals surface area contributed by atoms with Crippen LogP contribution >= 0.6 is 15.9 Å². The highest BCUT2D eigenvalue weighted by Crippen LogP contribution is 2.27. The van der Waals surface area contributed by atoms with Gasteiger partial charge in [0.05, 0.1) is 11.2 Å². The van der Waals surface area contributed by atoms with Crippen molar-refractivity contribution >= 4 is 43.9 Å². The lowest BCUT2D eigenvalue weighted by atomic mass is 10.1. The Labute approximate surface area is 126 Å². The van der Waals surface area contributed by atoms with Gasteiger partial charge >= 0.3 is 0 Å². The van der Waals surface area contributed by atoms with E-state index in [-0.39, 0.29) is 0 Å². The molecule has 0 amide bonds. The summed E-state index contributed by atoms with van der Waals surface area (Å²) < 4.78 is 0.974. The van der Waals surface area contributed by atoms with Crippen molar-refractivity contribution in [1.82, 2.24) is 4.98 Å². The molecule has 0 fully saturated rings. The van der Waals surface area contributed by atoms with Gasteiger partial charge in [-0.25, -0.2) is 0 Å². The van der Waals surface area contributed by atoms with E-state index in [0.29, 0.717) is 0 Å². The largest absolute Gasteiger partial charge is 0.398 e. The second-order valence-corrected chi connectivity index (χ2v) is 5.64. The normalized spacial score (nSPS) is 10.7. The van der Waals surface area contributed by atoms with Gasteiger partial charge in [-0.3, -0.25) is 4.98 Å². The molecule has 0 saturated carbocycles. The van der Waals surface area contributed by atoms with Gasteiger partial charge in [-0.1, -0.05) is 18.2 Å². The number of halogens is 1. The van der Waals surface area contributed by atoms with Gasteiger partial charge < -0.3 is 11.1 Å². The zero-order chi connectivity index (χ0) is 14.1. The molecule has 2 aromatic carbocycles. The van der Waals surface area contributed by atoms with Crippen molar-refractivity contribution in [2.24, 2.45) is 0 Å². The summed E-state index contributed by atoms with van der Waals surface area (Å²) in [7, 11) is 0. The standard InChI is InChI=1S/C16H14BrN3/c1-10-5-6-13(8-14(10)18)20-15-4-2-3-11-7-12(17)9-19-16(11)15/h2-9,20H,18H2,1H3. The number of aryl methyl sites for hydroxylation is 1. The van der Waals surface area contributed by atoms with E-state index in [1.807, 2.05) is 43.3 Å². The summed E-state index contributed by atoms with van der Waals surface area (Å²) in [6.07, 6.45) is 1.80. The molecule has 0 aliphatic heterocycles. The zero-order valence-electron chi connectivity index (χ0n) is 11.0. The molecule has 0 aliphatic carbocycles. The number of hydrogen-bond donors (Lipinski definition) is 2. The van der Waals surface area contributed by atoms with E-state index in [1.54, 1.807) is 6.20 Å². The highest BCUT2D eigenvalue weighted by Gasteiger charge is 2.04. The van der Waals surface area contributed by atoms with E-state index in [9.17, 15) is 0 Å². The second-order valence-electron chi connectivity index (χ2n) is 4.73. The fourth-order valence-corrected chi connectivity index (χ4v) is 2.46. The van der Waals surface area contributed by atoms with Crippen LogP contribution in [-0.2, 0) is 0 Å². The lowest BCUT2D eigenvalue weighted by molar-refractivity contribution is 1.38. The third kappa shape index (κ3) is 2.47. The summed E-state index contributed by atoms with van der Waals surface area (Å²) >= 11 is 3.44. The molecular weight excluding hydrogens is 314 g/mol. The summed E-state index contributed by atoms with van der Waals surface area (Å²) in [5.41, 5.74) is 10.7. The van der Waals surface area contributed by atoms with Crippen LogP contribution in [0.1, 0.15) is 5.56 Å². The Morgan fingerprint density at radius 3 is 2.80 bits per heavy atom. The molecule has 20 heavy (non-hydrogen) atoms. The fraction of sp³-hybridized carbons (Fsp3) is 0.0625. The van der Waals surface area contributed by atoms with Crippen LogP contribution in [0.4, 0.5) is 17.1 Å². The van der Waals surface area contributed by atoms with Crippen molar-refractivity contribution in [1.29, 1.82) is 0 Å². The van der Waals surface area contributed by atoms with Crippen LogP contribution in [0.5, 0.6) is 0 Å². The first kappa shape index (κ1) is 12.9. The number of fused-ring (bicyclic) bond motifs is 1. The number of aromatic nitrogens is 1. The third-order valence-electron chi connectivity index (χ3n) is 3.24. The van der Waals surface area contributed by atoms with Gasteiger partial charge in [-0.2, -0.15) is 0 Å². The van der Waals surface area contributed by atoms with Gasteiger partial charge in [-0.05, 0) is 52.7 Å². The fourth-order valence-electron chi connectivity index (χ4n) is 2.11. The summed E-state index contributed by atoms with van der Waals surface area (Å²) in [5.74, 6) is 0. The van der Waals surface area contributed by atoms with Crippen molar-refractivity contribution in [3.63, 3.8) is 0 Å². The number of rotatable bonds is 2. The van der Waals surface area contributed by atoms with E-state index < -0.39 is 0 Å². The van der Waals surface area contributed by atoms with Gasteiger partial charge in [0.25, 0.3) is 0 Å². The zero-order valence-corrected chi connectivity index (χ0v) is 12.6. The number of hydrogen-bond acceptors (Lipinski definition) is 3. The van der Waals surface area contributed by atoms with Gasteiger partial charge in [0.2, 0.25) is 0 Å². The van der Waals surface area contributed by atoms with Crippen LogP contribution in [0, 0.1) is 6.92 Å². The van der Waals surface area contributed by atoms with Crippen molar-refractivity contribution in [3.05, 3.63) is 58.7 Å². The van der Waals surface area contributed by atoms with E-state index in [0.717, 1.165) is 38.0 Å². The molecule has 1 heterocycles. The minimum atomic E-state index is 0.783. The number of nitrogens with two attached hydrogens (primary N) is 1. The van der Waals surface area contributed by atoms with Crippen LogP contribution in [0.2, 0.25) is 0 Å². The summed E-state index contributed by atoms with van der Waals surface area (Å²) in [6.45, 7) is 2.00. The molecule has 3 nitrogen and oxygen atoms in total. The molecule has 3 aromatic rings. The Balaban J connectivity index is 2.04. The van der Waals surface area contributed by atoms with Gasteiger partial charge in [0.15, 0.2) is 0 Å². The summed E-state index contributed by atoms with van der Waals surface area (Å²) in [6, 6.07) is 14.1. The molecule has 100 valence electrons. The van der Waals surface area contributed by atoms with E-state index in [2.05, 4.69) is 32.3 Å². The Bertz CT molecular complexity index is 784. The smallest absolute Gasteiger partial charge is 0.0937 e. The average molecular weight is 328 g/mol. The van der Waals surface area contributed by atoms with E-state index in [1.165, 1.54) is 0 Å². The van der Waals surface area contributed by atoms with Crippen molar-refractivity contribution in [2.45, 2.75) is 6.92 Å². The molecule has 0 radical (unpaired) electrons. The van der Waals surface area contributed by atoms with Crippen LogP contribution in [0.25, 0.3) is 10.9 Å². The first-order valence-electron chi connectivity index (χ1n) is 6.31. The van der Waals surface area contributed by atoms with Crippen LogP contribution in [0.15, 0.2) is 53.1 Å². The minimum Gasteiger partial charge on any atom is -0.398 e. The molecule has 3 rings (SSSR count). The highest BCUT2D eigenvalue weighted by molar-refractivity contribution is 9.10. The number of benzene rings is 2. The number of nitrogens with zero attached hydrogens (tertiary/aromatic N) is 1.